The van der Waals surface area contributed by atoms with Crippen molar-refractivity contribution in [2.24, 2.45) is 7.05 Å². The number of imidazole rings is 1. The predicted octanol–water partition coefficient (Wildman–Crippen LogP) is 1.72. The molecule has 0 fully saturated rings. The number of nitrogens with zero attached hydrogens (tertiary/aromatic N) is 5. The molecule has 0 unspecified atom stereocenters. The van der Waals surface area contributed by atoms with E-state index in [9.17, 15) is 14.0 Å². The van der Waals surface area contributed by atoms with Crippen molar-refractivity contribution in [2.45, 2.75) is 27.3 Å². The molecule has 3 aromatic heterocycles. The third-order valence-electron chi connectivity index (χ3n) is 5.08. The highest BCUT2D eigenvalue weighted by molar-refractivity contribution is 5.72. The van der Waals surface area contributed by atoms with E-state index in [0.29, 0.717) is 5.95 Å². The number of rotatable bonds is 3. The number of aromatic amines is 1. The zero-order valence-electron chi connectivity index (χ0n) is 15.9. The lowest BCUT2D eigenvalue weighted by molar-refractivity contribution is 0.626. The van der Waals surface area contributed by atoms with E-state index in [2.05, 4.69) is 15.1 Å². The third kappa shape index (κ3) is 2.67. The van der Waals surface area contributed by atoms with Crippen LogP contribution >= 0.6 is 0 Å². The van der Waals surface area contributed by atoms with Gasteiger partial charge in [-0.1, -0.05) is 12.1 Å². The van der Waals surface area contributed by atoms with E-state index in [1.54, 1.807) is 28.4 Å². The second kappa shape index (κ2) is 6.29. The van der Waals surface area contributed by atoms with Crippen LogP contribution in [0.25, 0.3) is 17.1 Å². The summed E-state index contributed by atoms with van der Waals surface area (Å²) in [6.45, 7) is 6.04. The molecule has 4 aromatic rings. The highest BCUT2D eigenvalue weighted by Crippen LogP contribution is 2.21. The first-order valence-electron chi connectivity index (χ1n) is 8.75. The first kappa shape index (κ1) is 17.9. The van der Waals surface area contributed by atoms with Crippen LogP contribution in [0.15, 0.2) is 33.9 Å². The van der Waals surface area contributed by atoms with E-state index < -0.39 is 11.2 Å². The molecule has 0 radical (unpaired) electrons. The molecule has 0 spiro atoms. The molecular formula is C19H19FN6O2. The van der Waals surface area contributed by atoms with Gasteiger partial charge in [-0.25, -0.2) is 13.9 Å². The van der Waals surface area contributed by atoms with Gasteiger partial charge >= 0.3 is 5.69 Å². The Kier molecular flexibility index (Phi) is 4.02. The second-order valence-corrected chi connectivity index (χ2v) is 6.82. The Hall–Kier alpha value is -3.49. The molecule has 144 valence electrons. The van der Waals surface area contributed by atoms with Crippen LogP contribution in [0, 0.1) is 26.6 Å². The Morgan fingerprint density at radius 3 is 2.39 bits per heavy atom. The van der Waals surface area contributed by atoms with Crippen molar-refractivity contribution in [1.82, 2.24) is 28.9 Å². The smallest absolute Gasteiger partial charge is 0.298 e. The summed E-state index contributed by atoms with van der Waals surface area (Å²) in [4.78, 5) is 31.5. The summed E-state index contributed by atoms with van der Waals surface area (Å²) in [7, 11) is 1.55. The Labute approximate surface area is 158 Å². The topological polar surface area (TPSA) is 90.5 Å². The zero-order valence-corrected chi connectivity index (χ0v) is 15.9. The minimum atomic E-state index is -0.542. The SMILES string of the molecule is Cc1nn(-c2nc3c(c(=O)[nH]c(=O)n3C)n2Cc2ccc(F)cc2)c(C)c1C. The van der Waals surface area contributed by atoms with Crippen molar-refractivity contribution in [2.75, 3.05) is 0 Å². The van der Waals surface area contributed by atoms with Crippen LogP contribution in [-0.4, -0.2) is 28.9 Å². The minimum absolute atomic E-state index is 0.256. The summed E-state index contributed by atoms with van der Waals surface area (Å²) in [5, 5.41) is 4.55. The number of benzene rings is 1. The highest BCUT2D eigenvalue weighted by Gasteiger charge is 2.21. The Morgan fingerprint density at radius 1 is 1.11 bits per heavy atom. The molecule has 9 heteroatoms. The third-order valence-corrected chi connectivity index (χ3v) is 5.08. The molecule has 0 amide bonds. The Bertz CT molecular complexity index is 1320. The van der Waals surface area contributed by atoms with Crippen molar-refractivity contribution in [3.63, 3.8) is 0 Å². The van der Waals surface area contributed by atoms with Gasteiger partial charge in [-0.15, -0.1) is 0 Å². The molecule has 0 saturated heterocycles. The van der Waals surface area contributed by atoms with Gasteiger partial charge in [0.15, 0.2) is 11.2 Å². The fourth-order valence-electron chi connectivity index (χ4n) is 3.22. The van der Waals surface area contributed by atoms with Crippen LogP contribution in [0.1, 0.15) is 22.5 Å². The summed E-state index contributed by atoms with van der Waals surface area (Å²) >= 11 is 0. The second-order valence-electron chi connectivity index (χ2n) is 6.82. The van der Waals surface area contributed by atoms with Gasteiger partial charge in [-0.3, -0.25) is 18.9 Å². The zero-order chi connectivity index (χ0) is 20.2. The summed E-state index contributed by atoms with van der Waals surface area (Å²) in [5.74, 6) is 0.0774. The molecule has 8 nitrogen and oxygen atoms in total. The average molecular weight is 382 g/mol. The molecule has 0 atom stereocenters. The van der Waals surface area contributed by atoms with Crippen molar-refractivity contribution >= 4 is 11.2 Å². The number of halogens is 1. The van der Waals surface area contributed by atoms with Gasteiger partial charge in [0.2, 0.25) is 5.95 Å². The molecule has 0 aliphatic rings. The summed E-state index contributed by atoms with van der Waals surface area (Å²) in [5.41, 5.74) is 2.98. The van der Waals surface area contributed by atoms with Gasteiger partial charge in [0, 0.05) is 12.7 Å². The summed E-state index contributed by atoms with van der Waals surface area (Å²) in [6, 6.07) is 6.02. The van der Waals surface area contributed by atoms with Gasteiger partial charge in [0.1, 0.15) is 5.82 Å². The van der Waals surface area contributed by atoms with Crippen molar-refractivity contribution in [3.05, 3.63) is 73.4 Å². The number of aromatic nitrogens is 6. The molecule has 28 heavy (non-hydrogen) atoms. The molecule has 3 heterocycles. The van der Waals surface area contributed by atoms with Crippen LogP contribution in [0.3, 0.4) is 0 Å². The predicted molar refractivity (Wildman–Crippen MR) is 102 cm³/mol. The first-order valence-corrected chi connectivity index (χ1v) is 8.75. The number of aryl methyl sites for hydroxylation is 2. The summed E-state index contributed by atoms with van der Waals surface area (Å²) < 4.78 is 17.9. The van der Waals surface area contributed by atoms with E-state index in [-0.39, 0.29) is 23.5 Å². The minimum Gasteiger partial charge on any atom is -0.298 e. The van der Waals surface area contributed by atoms with Crippen LogP contribution in [-0.2, 0) is 13.6 Å². The van der Waals surface area contributed by atoms with Crippen molar-refractivity contribution < 1.29 is 4.39 Å². The monoisotopic (exact) mass is 382 g/mol. The Morgan fingerprint density at radius 2 is 1.79 bits per heavy atom. The fourth-order valence-corrected chi connectivity index (χ4v) is 3.22. The molecular weight excluding hydrogens is 363 g/mol. The average Bonchev–Trinajstić information content (AvgIpc) is 3.15. The number of hydrogen-bond donors (Lipinski definition) is 1. The Balaban J connectivity index is 2.05. The van der Waals surface area contributed by atoms with Gasteiger partial charge < -0.3 is 0 Å². The van der Waals surface area contributed by atoms with Crippen LogP contribution < -0.4 is 11.2 Å². The van der Waals surface area contributed by atoms with Gasteiger partial charge in [-0.05, 0) is 44.0 Å². The molecule has 0 bridgehead atoms. The molecule has 0 saturated carbocycles. The van der Waals surface area contributed by atoms with E-state index >= 15 is 0 Å². The van der Waals surface area contributed by atoms with Gasteiger partial charge in [0.05, 0.1) is 12.2 Å². The summed E-state index contributed by atoms with van der Waals surface area (Å²) in [6.07, 6.45) is 0. The number of fused-ring (bicyclic) bond motifs is 1. The lowest BCUT2D eigenvalue weighted by atomic mass is 10.2. The fraction of sp³-hybridized carbons (Fsp3) is 0.263. The maximum Gasteiger partial charge on any atom is 0.329 e. The van der Waals surface area contributed by atoms with Gasteiger partial charge in [-0.2, -0.15) is 10.1 Å². The van der Waals surface area contributed by atoms with E-state index in [0.717, 1.165) is 22.5 Å². The quantitative estimate of drug-likeness (QED) is 0.584. The number of nitrogens with one attached hydrogen (secondary N) is 1. The maximum atomic E-state index is 13.3. The lowest BCUT2D eigenvalue weighted by Gasteiger charge is -2.10. The largest absolute Gasteiger partial charge is 0.329 e. The molecule has 1 aromatic carbocycles. The lowest BCUT2D eigenvalue weighted by Crippen LogP contribution is -2.29. The van der Waals surface area contributed by atoms with E-state index in [1.165, 1.54) is 16.7 Å². The molecule has 1 N–H and O–H groups in total. The molecule has 0 aliphatic carbocycles. The normalized spacial score (nSPS) is 11.5. The van der Waals surface area contributed by atoms with Crippen molar-refractivity contribution in [1.29, 1.82) is 0 Å². The molecule has 4 rings (SSSR count). The first-order chi connectivity index (χ1) is 13.3. The highest BCUT2D eigenvalue weighted by atomic mass is 19.1. The van der Waals surface area contributed by atoms with E-state index in [1.807, 2.05) is 20.8 Å². The van der Waals surface area contributed by atoms with Crippen LogP contribution in [0.4, 0.5) is 4.39 Å². The van der Waals surface area contributed by atoms with E-state index in [4.69, 9.17) is 0 Å². The van der Waals surface area contributed by atoms with Crippen molar-refractivity contribution in [3.8, 4) is 5.95 Å². The van der Waals surface area contributed by atoms with Gasteiger partial charge in [0.25, 0.3) is 5.56 Å². The maximum absolute atomic E-state index is 13.3. The number of H-pyrrole nitrogens is 1. The molecule has 0 aliphatic heterocycles. The van der Waals surface area contributed by atoms with Crippen LogP contribution in [0.5, 0.6) is 0 Å². The number of hydrogen-bond acceptors (Lipinski definition) is 4. The van der Waals surface area contributed by atoms with Crippen LogP contribution in [0.2, 0.25) is 0 Å². The standard InChI is InChI=1S/C19H19FN6O2/c1-10-11(2)23-26(12(10)3)18-21-16-15(17(27)22-19(28)24(16)4)25(18)9-13-5-7-14(20)8-6-13/h5-8H,9H2,1-4H3,(H,22,27,28).